The van der Waals surface area contributed by atoms with Crippen molar-refractivity contribution in [3.63, 3.8) is 0 Å². The van der Waals surface area contributed by atoms with Crippen LogP contribution in [0.15, 0.2) is 46.1 Å². The number of aryl methyl sites for hydroxylation is 1. The summed E-state index contributed by atoms with van der Waals surface area (Å²) in [6, 6.07) is 7.83. The molecule has 1 unspecified atom stereocenters. The van der Waals surface area contributed by atoms with Crippen molar-refractivity contribution in [2.75, 3.05) is 38.5 Å². The standard InChI is InChI=1S/C21H30N6O2.HI/c1-16-7-8-19(24-14-16)26-20(28)9-10-23-21(22-2)25-15-17(18-6-5-13-29-18)27-11-3-4-12-27;/h5-8,13-14,17H,3-4,9-12,15H2,1-2H3,(H2,22,23,25)(H,24,26,28);1H. The second-order valence-electron chi connectivity index (χ2n) is 7.17. The Morgan fingerprint density at radius 2 is 2.07 bits per heavy atom. The van der Waals surface area contributed by atoms with E-state index < -0.39 is 0 Å². The van der Waals surface area contributed by atoms with Crippen LogP contribution >= 0.6 is 24.0 Å². The van der Waals surface area contributed by atoms with Gasteiger partial charge in [-0.05, 0) is 56.6 Å². The van der Waals surface area contributed by atoms with Crippen LogP contribution in [0.25, 0.3) is 0 Å². The van der Waals surface area contributed by atoms with Crippen LogP contribution in [0, 0.1) is 6.92 Å². The molecule has 9 heteroatoms. The maximum atomic E-state index is 12.1. The Labute approximate surface area is 194 Å². The lowest BCUT2D eigenvalue weighted by Gasteiger charge is -2.26. The van der Waals surface area contributed by atoms with Gasteiger partial charge < -0.3 is 20.4 Å². The van der Waals surface area contributed by atoms with Crippen LogP contribution in [0.1, 0.15) is 36.6 Å². The van der Waals surface area contributed by atoms with Crippen molar-refractivity contribution in [3.8, 4) is 0 Å². The van der Waals surface area contributed by atoms with Gasteiger partial charge in [-0.2, -0.15) is 0 Å². The van der Waals surface area contributed by atoms with Gasteiger partial charge in [0.2, 0.25) is 5.91 Å². The molecule has 30 heavy (non-hydrogen) atoms. The molecule has 1 saturated heterocycles. The number of carbonyl (C=O) groups is 1. The third kappa shape index (κ3) is 7.28. The smallest absolute Gasteiger partial charge is 0.227 e. The van der Waals surface area contributed by atoms with Crippen LogP contribution in [-0.2, 0) is 4.79 Å². The van der Waals surface area contributed by atoms with Gasteiger partial charge in [-0.25, -0.2) is 4.98 Å². The number of aliphatic imine (C=N–C) groups is 1. The van der Waals surface area contributed by atoms with Crippen molar-refractivity contribution in [2.24, 2.45) is 4.99 Å². The Morgan fingerprint density at radius 1 is 1.27 bits per heavy atom. The topological polar surface area (TPSA) is 94.8 Å². The molecular formula is C21H31IN6O2. The normalized spacial score (nSPS) is 15.3. The fraction of sp³-hybridized carbons (Fsp3) is 0.476. The summed E-state index contributed by atoms with van der Waals surface area (Å²) in [5, 5.41) is 9.35. The molecule has 164 valence electrons. The van der Waals surface area contributed by atoms with Crippen LogP contribution in [0.3, 0.4) is 0 Å². The number of carbonyl (C=O) groups excluding carboxylic acids is 1. The van der Waals surface area contributed by atoms with Gasteiger partial charge in [-0.1, -0.05) is 6.07 Å². The van der Waals surface area contributed by atoms with Gasteiger partial charge in [0.25, 0.3) is 0 Å². The Kier molecular flexibility index (Phi) is 10.1. The van der Waals surface area contributed by atoms with E-state index in [-0.39, 0.29) is 35.9 Å². The van der Waals surface area contributed by atoms with Gasteiger partial charge in [-0.15, -0.1) is 24.0 Å². The molecule has 1 amide bonds. The number of pyridine rings is 1. The molecule has 2 aromatic heterocycles. The van der Waals surface area contributed by atoms with Gasteiger partial charge in [0.15, 0.2) is 5.96 Å². The van der Waals surface area contributed by atoms with E-state index in [1.54, 1.807) is 25.6 Å². The molecule has 0 saturated carbocycles. The summed E-state index contributed by atoms with van der Waals surface area (Å²) in [4.78, 5) is 23.0. The van der Waals surface area contributed by atoms with Crippen molar-refractivity contribution < 1.29 is 9.21 Å². The Balaban J connectivity index is 0.00000320. The molecule has 1 fully saturated rings. The Hall–Kier alpha value is -2.14. The van der Waals surface area contributed by atoms with E-state index in [9.17, 15) is 4.79 Å². The van der Waals surface area contributed by atoms with Gasteiger partial charge >= 0.3 is 0 Å². The number of rotatable bonds is 8. The molecule has 0 aliphatic carbocycles. The number of aromatic nitrogens is 1. The van der Waals surface area contributed by atoms with Crippen molar-refractivity contribution >= 4 is 41.7 Å². The molecule has 0 spiro atoms. The van der Waals surface area contributed by atoms with Gasteiger partial charge in [0.05, 0.1) is 12.3 Å². The van der Waals surface area contributed by atoms with E-state index in [4.69, 9.17) is 4.42 Å². The summed E-state index contributed by atoms with van der Waals surface area (Å²) >= 11 is 0. The zero-order valence-electron chi connectivity index (χ0n) is 17.6. The first-order valence-corrected chi connectivity index (χ1v) is 10.1. The quantitative estimate of drug-likeness (QED) is 0.278. The molecule has 0 bridgehead atoms. The zero-order chi connectivity index (χ0) is 20.5. The number of nitrogens with zero attached hydrogens (tertiary/aromatic N) is 3. The fourth-order valence-corrected chi connectivity index (χ4v) is 3.40. The number of furan rings is 1. The maximum absolute atomic E-state index is 12.1. The van der Waals surface area contributed by atoms with E-state index in [0.717, 1.165) is 24.4 Å². The molecule has 0 aromatic carbocycles. The van der Waals surface area contributed by atoms with E-state index >= 15 is 0 Å². The molecule has 1 atom stereocenters. The highest BCUT2D eigenvalue weighted by Crippen LogP contribution is 2.24. The summed E-state index contributed by atoms with van der Waals surface area (Å²) in [5.41, 5.74) is 1.06. The molecule has 3 rings (SSSR count). The van der Waals surface area contributed by atoms with Crippen LogP contribution in [0.5, 0.6) is 0 Å². The Bertz CT molecular complexity index is 788. The molecule has 8 nitrogen and oxygen atoms in total. The highest BCUT2D eigenvalue weighted by atomic mass is 127. The number of amides is 1. The van der Waals surface area contributed by atoms with Crippen LogP contribution < -0.4 is 16.0 Å². The monoisotopic (exact) mass is 526 g/mol. The van der Waals surface area contributed by atoms with Crippen molar-refractivity contribution in [3.05, 3.63) is 48.0 Å². The number of guanidine groups is 1. The zero-order valence-corrected chi connectivity index (χ0v) is 19.9. The molecule has 0 radical (unpaired) electrons. The molecule has 1 aliphatic heterocycles. The lowest BCUT2D eigenvalue weighted by molar-refractivity contribution is -0.116. The predicted molar refractivity (Wildman–Crippen MR) is 129 cm³/mol. The molecule has 1 aliphatic rings. The number of halogens is 1. The first-order chi connectivity index (χ1) is 14.2. The molecule has 3 N–H and O–H groups in total. The molecule has 2 aromatic rings. The van der Waals surface area contributed by atoms with E-state index in [0.29, 0.717) is 31.3 Å². The minimum atomic E-state index is -0.0881. The summed E-state index contributed by atoms with van der Waals surface area (Å²) in [6.07, 6.45) is 6.21. The average molecular weight is 526 g/mol. The minimum Gasteiger partial charge on any atom is -0.468 e. The Morgan fingerprint density at radius 3 is 2.70 bits per heavy atom. The number of nitrogens with one attached hydrogen (secondary N) is 3. The largest absolute Gasteiger partial charge is 0.468 e. The first-order valence-electron chi connectivity index (χ1n) is 10.1. The lowest BCUT2D eigenvalue weighted by Crippen LogP contribution is -2.43. The summed E-state index contributed by atoms with van der Waals surface area (Å²) in [5.74, 6) is 2.10. The highest BCUT2D eigenvalue weighted by Gasteiger charge is 2.25. The summed E-state index contributed by atoms with van der Waals surface area (Å²) < 4.78 is 5.65. The SMILES string of the molecule is CN=C(NCCC(=O)Nc1ccc(C)cn1)NCC(c1ccco1)N1CCCC1.I. The highest BCUT2D eigenvalue weighted by molar-refractivity contribution is 14.0. The van der Waals surface area contributed by atoms with E-state index in [2.05, 4.69) is 30.8 Å². The fourth-order valence-electron chi connectivity index (χ4n) is 3.40. The summed E-state index contributed by atoms with van der Waals surface area (Å²) in [7, 11) is 1.73. The number of likely N-dealkylation sites (tertiary alicyclic amines) is 1. The van der Waals surface area contributed by atoms with Gasteiger partial charge in [-0.3, -0.25) is 14.7 Å². The van der Waals surface area contributed by atoms with Crippen LogP contribution in [-0.4, -0.2) is 55.0 Å². The third-order valence-electron chi connectivity index (χ3n) is 4.96. The minimum absolute atomic E-state index is 0. The average Bonchev–Trinajstić information content (AvgIpc) is 3.43. The van der Waals surface area contributed by atoms with E-state index in [1.807, 2.05) is 25.1 Å². The third-order valence-corrected chi connectivity index (χ3v) is 4.96. The first kappa shape index (κ1) is 24.1. The van der Waals surface area contributed by atoms with E-state index in [1.165, 1.54) is 12.8 Å². The van der Waals surface area contributed by atoms with Crippen molar-refractivity contribution in [1.82, 2.24) is 20.5 Å². The maximum Gasteiger partial charge on any atom is 0.227 e. The molecular weight excluding hydrogens is 495 g/mol. The second kappa shape index (κ2) is 12.5. The van der Waals surface area contributed by atoms with Crippen LogP contribution in [0.2, 0.25) is 0 Å². The lowest BCUT2D eigenvalue weighted by atomic mass is 10.2. The predicted octanol–water partition coefficient (Wildman–Crippen LogP) is 2.93. The molecule has 3 heterocycles. The second-order valence-corrected chi connectivity index (χ2v) is 7.17. The summed E-state index contributed by atoms with van der Waals surface area (Å²) in [6.45, 7) is 5.28. The number of hydrogen-bond donors (Lipinski definition) is 3. The van der Waals surface area contributed by atoms with Gasteiger partial charge in [0, 0.05) is 32.8 Å². The number of anilines is 1. The van der Waals surface area contributed by atoms with Crippen LogP contribution in [0.4, 0.5) is 5.82 Å². The van der Waals surface area contributed by atoms with Crippen molar-refractivity contribution in [2.45, 2.75) is 32.2 Å². The van der Waals surface area contributed by atoms with Crippen molar-refractivity contribution in [1.29, 1.82) is 0 Å². The van der Waals surface area contributed by atoms with Gasteiger partial charge in [0.1, 0.15) is 11.6 Å². The number of hydrogen-bond acceptors (Lipinski definition) is 5.